The van der Waals surface area contributed by atoms with Crippen LogP contribution in [0.15, 0.2) is 23.8 Å². The second-order valence-corrected chi connectivity index (χ2v) is 8.42. The van der Waals surface area contributed by atoms with E-state index in [2.05, 4.69) is 39.0 Å². The molecule has 1 aliphatic rings. The van der Waals surface area contributed by atoms with Crippen molar-refractivity contribution >= 4 is 0 Å². The third-order valence-corrected chi connectivity index (χ3v) is 6.41. The summed E-state index contributed by atoms with van der Waals surface area (Å²) in [5, 5.41) is 9.82. The van der Waals surface area contributed by atoms with Gasteiger partial charge in [-0.3, -0.25) is 0 Å². The van der Waals surface area contributed by atoms with E-state index in [4.69, 9.17) is 18.9 Å². The van der Waals surface area contributed by atoms with Gasteiger partial charge in [0.15, 0.2) is 6.29 Å². The first-order valence-electron chi connectivity index (χ1n) is 11.0. The number of hydrogen-bond donors (Lipinski definition) is 1. The molecule has 0 aromatic rings. The zero-order valence-electron chi connectivity index (χ0n) is 19.6. The predicted molar refractivity (Wildman–Crippen MR) is 118 cm³/mol. The van der Waals surface area contributed by atoms with Gasteiger partial charge in [-0.1, -0.05) is 37.6 Å². The van der Waals surface area contributed by atoms with Gasteiger partial charge in [-0.25, -0.2) is 0 Å². The van der Waals surface area contributed by atoms with Crippen LogP contribution in [0.2, 0.25) is 0 Å². The Kier molecular flexibility index (Phi) is 13.0. The number of rotatable bonds is 16. The molecule has 1 fully saturated rings. The zero-order valence-corrected chi connectivity index (χ0v) is 19.6. The molecule has 1 rings (SSSR count). The third-order valence-electron chi connectivity index (χ3n) is 6.41. The fourth-order valence-electron chi connectivity index (χ4n) is 4.34. The predicted octanol–water partition coefficient (Wildman–Crippen LogP) is 4.74. The topological polar surface area (TPSA) is 57.2 Å². The summed E-state index contributed by atoms with van der Waals surface area (Å²) in [6, 6.07) is 0. The number of aliphatic hydroxyl groups excluding tert-OH is 1. The molecule has 7 unspecified atom stereocenters. The van der Waals surface area contributed by atoms with Crippen LogP contribution in [0, 0.1) is 17.8 Å². The van der Waals surface area contributed by atoms with E-state index in [1.54, 1.807) is 14.2 Å². The Bertz CT molecular complexity index is 486. The standard InChI is InChI=1S/C24H44O5/c1-8-22(27-5)18(3)21-15-19(21)13-11-9-10-12-17(2)14-20(26-4)16-23(28-6)24(25)29-7/h9-10,12,18-25H,8,11,13-16H2,1-7H3/b10-9+,17-12+. The molecule has 0 radical (unpaired) electrons. The maximum Gasteiger partial charge on any atom is 0.180 e. The maximum absolute atomic E-state index is 9.82. The summed E-state index contributed by atoms with van der Waals surface area (Å²) < 4.78 is 21.5. The van der Waals surface area contributed by atoms with Crippen molar-refractivity contribution < 1.29 is 24.1 Å². The fraction of sp³-hybridized carbons (Fsp3) is 0.833. The third kappa shape index (κ3) is 9.31. The van der Waals surface area contributed by atoms with E-state index in [1.807, 2.05) is 7.11 Å². The molecule has 1 N–H and O–H groups in total. The van der Waals surface area contributed by atoms with Crippen LogP contribution < -0.4 is 0 Å². The van der Waals surface area contributed by atoms with Gasteiger partial charge in [0.05, 0.1) is 12.2 Å². The summed E-state index contributed by atoms with van der Waals surface area (Å²) in [5.74, 6) is 2.36. The van der Waals surface area contributed by atoms with E-state index in [1.165, 1.54) is 25.5 Å². The monoisotopic (exact) mass is 412 g/mol. The van der Waals surface area contributed by atoms with Crippen LogP contribution in [0.25, 0.3) is 0 Å². The Morgan fingerprint density at radius 1 is 1.07 bits per heavy atom. The van der Waals surface area contributed by atoms with Crippen LogP contribution >= 0.6 is 0 Å². The number of allylic oxidation sites excluding steroid dienone is 3. The summed E-state index contributed by atoms with van der Waals surface area (Å²) >= 11 is 0. The van der Waals surface area contributed by atoms with E-state index in [0.717, 1.165) is 31.1 Å². The molecule has 7 atom stereocenters. The van der Waals surface area contributed by atoms with Crippen LogP contribution in [0.3, 0.4) is 0 Å². The lowest BCUT2D eigenvalue weighted by molar-refractivity contribution is -0.164. The average molecular weight is 413 g/mol. The molecule has 0 spiro atoms. The maximum atomic E-state index is 9.82. The van der Waals surface area contributed by atoms with Crippen molar-refractivity contribution in [3.05, 3.63) is 23.8 Å². The van der Waals surface area contributed by atoms with Gasteiger partial charge >= 0.3 is 0 Å². The van der Waals surface area contributed by atoms with E-state index >= 15 is 0 Å². The SMILES string of the molecule is CCC(OC)C(C)C1CC1CC/C=C/C=C(\C)CC(CC(OC)C(O)OC)OC. The molecule has 0 amide bonds. The summed E-state index contributed by atoms with van der Waals surface area (Å²) in [4.78, 5) is 0. The van der Waals surface area contributed by atoms with Crippen LogP contribution in [0.4, 0.5) is 0 Å². The molecule has 5 heteroatoms. The minimum atomic E-state index is -0.938. The first kappa shape index (κ1) is 26.3. The molecule has 0 heterocycles. The van der Waals surface area contributed by atoms with Gasteiger partial charge in [-0.2, -0.15) is 0 Å². The highest BCUT2D eigenvalue weighted by Crippen LogP contribution is 2.48. The molecule has 29 heavy (non-hydrogen) atoms. The van der Waals surface area contributed by atoms with Crippen molar-refractivity contribution in [1.82, 2.24) is 0 Å². The lowest BCUT2D eigenvalue weighted by Crippen LogP contribution is -2.33. The van der Waals surface area contributed by atoms with E-state index in [0.29, 0.717) is 18.4 Å². The molecular weight excluding hydrogens is 368 g/mol. The van der Waals surface area contributed by atoms with Crippen molar-refractivity contribution in [2.24, 2.45) is 17.8 Å². The molecule has 1 aliphatic carbocycles. The van der Waals surface area contributed by atoms with Gasteiger partial charge in [0.2, 0.25) is 0 Å². The van der Waals surface area contributed by atoms with Gasteiger partial charge in [-0.15, -0.1) is 0 Å². The highest BCUT2D eigenvalue weighted by Gasteiger charge is 2.42. The summed E-state index contributed by atoms with van der Waals surface area (Å²) in [5.41, 5.74) is 1.25. The number of hydrogen-bond acceptors (Lipinski definition) is 5. The van der Waals surface area contributed by atoms with Gasteiger partial charge < -0.3 is 24.1 Å². The molecule has 170 valence electrons. The van der Waals surface area contributed by atoms with Crippen molar-refractivity contribution in [3.8, 4) is 0 Å². The zero-order chi connectivity index (χ0) is 21.8. The normalized spacial score (nSPS) is 25.0. The van der Waals surface area contributed by atoms with E-state index in [9.17, 15) is 5.11 Å². The van der Waals surface area contributed by atoms with Gasteiger partial charge in [0, 0.05) is 34.9 Å². The number of aliphatic hydroxyl groups is 1. The molecule has 0 saturated heterocycles. The second kappa shape index (κ2) is 14.3. The average Bonchev–Trinajstić information content (AvgIpc) is 3.50. The molecule has 1 saturated carbocycles. The van der Waals surface area contributed by atoms with Crippen molar-refractivity contribution in [2.45, 2.75) is 83.9 Å². The highest BCUT2D eigenvalue weighted by molar-refractivity contribution is 5.11. The Morgan fingerprint density at radius 3 is 2.31 bits per heavy atom. The number of ether oxygens (including phenoxy) is 4. The summed E-state index contributed by atoms with van der Waals surface area (Å²) in [6.45, 7) is 6.66. The molecule has 0 aromatic carbocycles. The highest BCUT2D eigenvalue weighted by atomic mass is 16.6. The van der Waals surface area contributed by atoms with E-state index in [-0.39, 0.29) is 6.10 Å². The van der Waals surface area contributed by atoms with Crippen molar-refractivity contribution in [1.29, 1.82) is 0 Å². The lowest BCUT2D eigenvalue weighted by Gasteiger charge is -2.24. The molecule has 0 aliphatic heterocycles. The van der Waals surface area contributed by atoms with Crippen molar-refractivity contribution in [2.75, 3.05) is 28.4 Å². The van der Waals surface area contributed by atoms with Crippen LogP contribution in [0.5, 0.6) is 0 Å². The lowest BCUT2D eigenvalue weighted by atomic mass is 9.95. The minimum Gasteiger partial charge on any atom is -0.381 e. The van der Waals surface area contributed by atoms with Gasteiger partial charge in [0.25, 0.3) is 0 Å². The largest absolute Gasteiger partial charge is 0.381 e. The Morgan fingerprint density at radius 2 is 1.76 bits per heavy atom. The second-order valence-electron chi connectivity index (χ2n) is 8.42. The van der Waals surface area contributed by atoms with Gasteiger partial charge in [0.1, 0.15) is 6.10 Å². The minimum absolute atomic E-state index is 0.0181. The summed E-state index contributed by atoms with van der Waals surface area (Å²) in [6.07, 6.45) is 11.9. The molecule has 0 bridgehead atoms. The quantitative estimate of drug-likeness (QED) is 0.293. The Balaban J connectivity index is 2.34. The van der Waals surface area contributed by atoms with Crippen LogP contribution in [-0.4, -0.2) is 58.1 Å². The molecule has 5 nitrogen and oxygen atoms in total. The Labute approximate surface area is 178 Å². The van der Waals surface area contributed by atoms with Crippen molar-refractivity contribution in [3.63, 3.8) is 0 Å². The van der Waals surface area contributed by atoms with Crippen LogP contribution in [0.1, 0.15) is 59.3 Å². The first-order chi connectivity index (χ1) is 13.9. The number of methoxy groups -OCH3 is 4. The Hall–Kier alpha value is -0.720. The van der Waals surface area contributed by atoms with Gasteiger partial charge in [-0.05, 0) is 56.8 Å². The van der Waals surface area contributed by atoms with Crippen LogP contribution in [-0.2, 0) is 18.9 Å². The molecule has 0 aromatic heterocycles. The molecular formula is C24H44O5. The first-order valence-corrected chi connectivity index (χ1v) is 11.0. The fourth-order valence-corrected chi connectivity index (χ4v) is 4.34. The smallest absolute Gasteiger partial charge is 0.180 e. The van der Waals surface area contributed by atoms with E-state index < -0.39 is 12.4 Å². The summed E-state index contributed by atoms with van der Waals surface area (Å²) in [7, 11) is 6.58.